The van der Waals surface area contributed by atoms with E-state index in [4.69, 9.17) is 0 Å². The van der Waals surface area contributed by atoms with Crippen LogP contribution in [-0.4, -0.2) is 47.7 Å². The normalized spacial score (nSPS) is 20.1. The Morgan fingerprint density at radius 1 is 1.25 bits per heavy atom. The van der Waals surface area contributed by atoms with E-state index in [1.54, 1.807) is 0 Å². The summed E-state index contributed by atoms with van der Waals surface area (Å²) in [7, 11) is 2.13. The molecule has 2 rings (SSSR count). The lowest BCUT2D eigenvalue weighted by Crippen LogP contribution is -2.49. The van der Waals surface area contributed by atoms with Crippen molar-refractivity contribution < 1.29 is 4.79 Å². The first kappa shape index (κ1) is 15.5. The molecule has 0 aliphatic carbocycles. The lowest BCUT2D eigenvalue weighted by Gasteiger charge is -2.40. The van der Waals surface area contributed by atoms with E-state index >= 15 is 0 Å². The van der Waals surface area contributed by atoms with Gasteiger partial charge in [0.2, 0.25) is 5.91 Å². The van der Waals surface area contributed by atoms with Crippen molar-refractivity contribution in [3.05, 3.63) is 35.9 Å². The van der Waals surface area contributed by atoms with Crippen LogP contribution >= 0.6 is 15.9 Å². The molecule has 110 valence electrons. The number of nitrogens with zero attached hydrogens (tertiary/aromatic N) is 2. The van der Waals surface area contributed by atoms with Crippen molar-refractivity contribution in [2.75, 3.05) is 32.0 Å². The molecule has 1 heterocycles. The Bertz CT molecular complexity index is 424. The van der Waals surface area contributed by atoms with Crippen LogP contribution in [0.2, 0.25) is 0 Å². The second-order valence-electron chi connectivity index (χ2n) is 5.42. The average Bonchev–Trinajstić information content (AvgIpc) is 2.48. The summed E-state index contributed by atoms with van der Waals surface area (Å²) in [5, 5.41) is 0.977. The molecule has 1 unspecified atom stereocenters. The number of rotatable bonds is 5. The molecule has 1 aliphatic rings. The first-order chi connectivity index (χ1) is 9.72. The second kappa shape index (κ2) is 7.79. The lowest BCUT2D eigenvalue weighted by atomic mass is 10.0. The third kappa shape index (κ3) is 4.06. The van der Waals surface area contributed by atoms with Crippen LogP contribution in [0.3, 0.4) is 0 Å². The van der Waals surface area contributed by atoms with Crippen LogP contribution in [0, 0.1) is 0 Å². The van der Waals surface area contributed by atoms with Gasteiger partial charge >= 0.3 is 0 Å². The number of carbonyl (C=O) groups is 1. The molecule has 1 fully saturated rings. The predicted molar refractivity (Wildman–Crippen MR) is 86.0 cm³/mol. The van der Waals surface area contributed by atoms with Crippen LogP contribution in [-0.2, 0) is 4.79 Å². The van der Waals surface area contributed by atoms with Gasteiger partial charge < -0.3 is 9.80 Å². The summed E-state index contributed by atoms with van der Waals surface area (Å²) in [6, 6.07) is 10.6. The zero-order valence-electron chi connectivity index (χ0n) is 12.1. The topological polar surface area (TPSA) is 23.6 Å². The van der Waals surface area contributed by atoms with Crippen molar-refractivity contribution in [2.45, 2.75) is 25.3 Å². The molecule has 3 nitrogen and oxygen atoms in total. The molecule has 0 spiro atoms. The molecular weight excluding hydrogens is 316 g/mol. The van der Waals surface area contributed by atoms with E-state index in [1.165, 1.54) is 5.56 Å². The highest BCUT2D eigenvalue weighted by atomic mass is 79.9. The fourth-order valence-corrected chi connectivity index (χ4v) is 3.09. The maximum atomic E-state index is 12.5. The van der Waals surface area contributed by atoms with Gasteiger partial charge in [-0.25, -0.2) is 0 Å². The largest absolute Gasteiger partial charge is 0.333 e. The molecule has 1 aliphatic heterocycles. The molecule has 4 heteroatoms. The smallest absolute Gasteiger partial charge is 0.223 e. The molecular formula is C16H23BrN2O. The van der Waals surface area contributed by atoms with E-state index in [0.29, 0.717) is 12.3 Å². The molecule has 1 amide bonds. The fraction of sp³-hybridized carbons (Fsp3) is 0.562. The zero-order valence-corrected chi connectivity index (χ0v) is 13.7. The van der Waals surface area contributed by atoms with Crippen LogP contribution in [0.4, 0.5) is 0 Å². The maximum Gasteiger partial charge on any atom is 0.223 e. The quantitative estimate of drug-likeness (QED) is 0.608. The summed E-state index contributed by atoms with van der Waals surface area (Å²) < 4.78 is 0. The van der Waals surface area contributed by atoms with E-state index in [-0.39, 0.29) is 6.04 Å². The van der Waals surface area contributed by atoms with Crippen molar-refractivity contribution in [1.82, 2.24) is 9.80 Å². The van der Waals surface area contributed by atoms with Gasteiger partial charge in [0.1, 0.15) is 0 Å². The third-order valence-corrected chi connectivity index (χ3v) is 4.42. The Labute approximate surface area is 130 Å². The average molecular weight is 339 g/mol. The zero-order chi connectivity index (χ0) is 14.4. The Morgan fingerprint density at radius 3 is 2.70 bits per heavy atom. The minimum absolute atomic E-state index is 0.200. The highest BCUT2D eigenvalue weighted by Crippen LogP contribution is 2.25. The number of benzene rings is 1. The first-order valence-corrected chi connectivity index (χ1v) is 8.43. The van der Waals surface area contributed by atoms with Crippen molar-refractivity contribution in [1.29, 1.82) is 0 Å². The van der Waals surface area contributed by atoms with Crippen LogP contribution in [0.5, 0.6) is 0 Å². The van der Waals surface area contributed by atoms with Gasteiger partial charge in [-0.15, -0.1) is 0 Å². The molecule has 20 heavy (non-hydrogen) atoms. The first-order valence-electron chi connectivity index (χ1n) is 7.31. The van der Waals surface area contributed by atoms with Crippen molar-refractivity contribution in [2.24, 2.45) is 0 Å². The summed E-state index contributed by atoms with van der Waals surface area (Å²) in [6.45, 7) is 2.73. The molecule has 0 N–H and O–H groups in total. The third-order valence-electron chi connectivity index (χ3n) is 3.86. The maximum absolute atomic E-state index is 12.5. The second-order valence-corrected chi connectivity index (χ2v) is 6.21. The number of amides is 1. The molecule has 1 saturated heterocycles. The summed E-state index contributed by atoms with van der Waals surface area (Å²) in [6.07, 6.45) is 2.70. The van der Waals surface area contributed by atoms with E-state index < -0.39 is 0 Å². The summed E-state index contributed by atoms with van der Waals surface area (Å²) >= 11 is 3.42. The van der Waals surface area contributed by atoms with Crippen molar-refractivity contribution in [3.63, 3.8) is 0 Å². The van der Waals surface area contributed by atoms with Crippen LogP contribution < -0.4 is 0 Å². The van der Waals surface area contributed by atoms with Gasteiger partial charge in [-0.2, -0.15) is 0 Å². The van der Waals surface area contributed by atoms with E-state index in [0.717, 1.165) is 37.8 Å². The van der Waals surface area contributed by atoms with E-state index in [2.05, 4.69) is 57.0 Å². The predicted octanol–water partition coefficient (Wildman–Crippen LogP) is 3.07. The summed E-state index contributed by atoms with van der Waals surface area (Å²) in [4.78, 5) is 16.8. The van der Waals surface area contributed by atoms with Gasteiger partial charge in [0.15, 0.2) is 0 Å². The fourth-order valence-electron chi connectivity index (χ4n) is 2.69. The standard InChI is InChI=1S/C16H23BrN2O/c1-18-11-12-19(16(20)9-5-6-10-17)15(13-18)14-7-3-2-4-8-14/h2-4,7-8,15H,5-6,9-13H2,1H3. The van der Waals surface area contributed by atoms with Gasteiger partial charge in [-0.1, -0.05) is 46.3 Å². The summed E-state index contributed by atoms with van der Waals surface area (Å²) in [5.41, 5.74) is 1.24. The van der Waals surface area contributed by atoms with E-state index in [1.807, 2.05) is 6.07 Å². The van der Waals surface area contributed by atoms with Crippen molar-refractivity contribution >= 4 is 21.8 Å². The number of unbranched alkanes of at least 4 members (excludes halogenated alkanes) is 1. The monoisotopic (exact) mass is 338 g/mol. The van der Waals surface area contributed by atoms with Gasteiger partial charge in [0.25, 0.3) is 0 Å². The molecule has 1 aromatic carbocycles. The van der Waals surface area contributed by atoms with Crippen LogP contribution in [0.1, 0.15) is 30.9 Å². The van der Waals surface area contributed by atoms with Gasteiger partial charge in [0.05, 0.1) is 6.04 Å². The van der Waals surface area contributed by atoms with E-state index in [9.17, 15) is 4.79 Å². The number of hydrogen-bond acceptors (Lipinski definition) is 2. The highest BCUT2D eigenvalue weighted by molar-refractivity contribution is 9.09. The number of carbonyl (C=O) groups excluding carboxylic acids is 1. The van der Waals surface area contributed by atoms with Gasteiger partial charge in [-0.05, 0) is 25.5 Å². The molecule has 1 aromatic rings. The van der Waals surface area contributed by atoms with Crippen LogP contribution in [0.15, 0.2) is 30.3 Å². The minimum Gasteiger partial charge on any atom is -0.333 e. The Balaban J connectivity index is 2.06. The molecule has 0 radical (unpaired) electrons. The summed E-state index contributed by atoms with van der Waals surface area (Å²) in [5.74, 6) is 0.299. The molecule has 1 atom stereocenters. The SMILES string of the molecule is CN1CCN(C(=O)CCCCBr)C(c2ccccc2)C1. The number of piperazine rings is 1. The highest BCUT2D eigenvalue weighted by Gasteiger charge is 2.29. The minimum atomic E-state index is 0.200. The molecule has 0 aromatic heterocycles. The Morgan fingerprint density at radius 2 is 2.00 bits per heavy atom. The lowest BCUT2D eigenvalue weighted by molar-refractivity contribution is -0.136. The number of hydrogen-bond donors (Lipinski definition) is 0. The van der Waals surface area contributed by atoms with Crippen molar-refractivity contribution in [3.8, 4) is 0 Å². The van der Waals surface area contributed by atoms with Gasteiger partial charge in [-0.3, -0.25) is 4.79 Å². The Kier molecular flexibility index (Phi) is 6.05. The Hall–Kier alpha value is -0.870. The number of likely N-dealkylation sites (N-methyl/N-ethyl adjacent to an activating group) is 1. The molecule has 0 saturated carbocycles. The number of halogens is 1. The van der Waals surface area contributed by atoms with Gasteiger partial charge in [0, 0.05) is 31.4 Å². The molecule has 0 bridgehead atoms. The number of alkyl halides is 1. The van der Waals surface area contributed by atoms with Crippen LogP contribution in [0.25, 0.3) is 0 Å².